The van der Waals surface area contributed by atoms with Crippen molar-refractivity contribution in [3.8, 4) is 17.0 Å². The molecule has 0 fully saturated rings. The standard InChI is InChI=1S/C16H20N2O2/c1-4-11(2)18-15(10-9-14(17)16(18)19)12-5-7-13(20-3)8-6-12/h5-11H,4,17H2,1-3H3. The van der Waals surface area contributed by atoms with Crippen LogP contribution in [0.25, 0.3) is 11.3 Å². The summed E-state index contributed by atoms with van der Waals surface area (Å²) in [5, 5.41) is 0. The van der Waals surface area contributed by atoms with E-state index in [1.165, 1.54) is 0 Å². The number of nitrogens with two attached hydrogens (primary N) is 1. The van der Waals surface area contributed by atoms with E-state index in [0.29, 0.717) is 0 Å². The van der Waals surface area contributed by atoms with Gasteiger partial charge in [0.15, 0.2) is 0 Å². The number of pyridine rings is 1. The molecule has 0 bridgehead atoms. The Labute approximate surface area is 118 Å². The van der Waals surface area contributed by atoms with Crippen LogP contribution in [0, 0.1) is 0 Å². The number of benzene rings is 1. The van der Waals surface area contributed by atoms with E-state index in [-0.39, 0.29) is 17.3 Å². The summed E-state index contributed by atoms with van der Waals surface area (Å²) < 4.78 is 6.92. The third-order valence-electron chi connectivity index (χ3n) is 3.56. The average molecular weight is 272 g/mol. The zero-order valence-corrected chi connectivity index (χ0v) is 12.1. The van der Waals surface area contributed by atoms with Crippen LogP contribution in [0.1, 0.15) is 26.3 Å². The average Bonchev–Trinajstić information content (AvgIpc) is 2.49. The van der Waals surface area contributed by atoms with E-state index in [1.54, 1.807) is 17.7 Å². The van der Waals surface area contributed by atoms with Gasteiger partial charge < -0.3 is 15.0 Å². The minimum atomic E-state index is -0.132. The molecule has 1 unspecified atom stereocenters. The Hall–Kier alpha value is -2.23. The van der Waals surface area contributed by atoms with E-state index in [4.69, 9.17) is 10.5 Å². The highest BCUT2D eigenvalue weighted by molar-refractivity contribution is 5.62. The molecule has 0 aliphatic carbocycles. The highest BCUT2D eigenvalue weighted by Crippen LogP contribution is 2.25. The first-order valence-corrected chi connectivity index (χ1v) is 6.74. The summed E-state index contributed by atoms with van der Waals surface area (Å²) in [5.74, 6) is 0.793. The number of rotatable bonds is 4. The summed E-state index contributed by atoms with van der Waals surface area (Å²) in [6, 6.07) is 11.3. The van der Waals surface area contributed by atoms with Crippen LogP contribution in [-0.2, 0) is 0 Å². The van der Waals surface area contributed by atoms with Crippen molar-refractivity contribution in [2.24, 2.45) is 0 Å². The maximum atomic E-state index is 12.3. The maximum absolute atomic E-state index is 12.3. The normalized spacial score (nSPS) is 12.2. The van der Waals surface area contributed by atoms with Gasteiger partial charge in [-0.3, -0.25) is 4.79 Å². The number of methoxy groups -OCH3 is 1. The molecule has 0 amide bonds. The second-order valence-corrected chi connectivity index (χ2v) is 4.83. The minimum Gasteiger partial charge on any atom is -0.497 e. The van der Waals surface area contributed by atoms with Gasteiger partial charge in [0, 0.05) is 6.04 Å². The first-order chi connectivity index (χ1) is 9.58. The van der Waals surface area contributed by atoms with E-state index in [9.17, 15) is 4.79 Å². The van der Waals surface area contributed by atoms with Gasteiger partial charge in [0.25, 0.3) is 5.56 Å². The molecule has 106 valence electrons. The van der Waals surface area contributed by atoms with Gasteiger partial charge in [0.1, 0.15) is 5.75 Å². The van der Waals surface area contributed by atoms with Crippen LogP contribution in [0.2, 0.25) is 0 Å². The molecule has 1 aromatic heterocycles. The van der Waals surface area contributed by atoms with E-state index in [0.717, 1.165) is 23.4 Å². The van der Waals surface area contributed by atoms with Crippen LogP contribution in [0.4, 0.5) is 5.69 Å². The Balaban J connectivity index is 2.60. The van der Waals surface area contributed by atoms with Crippen molar-refractivity contribution < 1.29 is 4.74 Å². The Morgan fingerprint density at radius 3 is 2.40 bits per heavy atom. The number of hydrogen-bond donors (Lipinski definition) is 1. The molecule has 2 aromatic rings. The number of ether oxygens (including phenoxy) is 1. The predicted molar refractivity (Wildman–Crippen MR) is 82.1 cm³/mol. The van der Waals surface area contributed by atoms with Crippen LogP contribution in [0.3, 0.4) is 0 Å². The fourth-order valence-corrected chi connectivity index (χ4v) is 2.19. The molecule has 0 aliphatic heterocycles. The maximum Gasteiger partial charge on any atom is 0.274 e. The summed E-state index contributed by atoms with van der Waals surface area (Å²) in [6.45, 7) is 4.08. The van der Waals surface area contributed by atoms with Crippen molar-refractivity contribution >= 4 is 5.69 Å². The molecular weight excluding hydrogens is 252 g/mol. The van der Waals surface area contributed by atoms with Crippen molar-refractivity contribution in [1.29, 1.82) is 0 Å². The highest BCUT2D eigenvalue weighted by Gasteiger charge is 2.13. The van der Waals surface area contributed by atoms with E-state index in [1.807, 2.05) is 37.3 Å². The lowest BCUT2D eigenvalue weighted by molar-refractivity contribution is 0.415. The van der Waals surface area contributed by atoms with Crippen LogP contribution in [0.15, 0.2) is 41.2 Å². The first-order valence-electron chi connectivity index (χ1n) is 6.74. The van der Waals surface area contributed by atoms with Crippen molar-refractivity contribution in [3.63, 3.8) is 0 Å². The summed E-state index contributed by atoms with van der Waals surface area (Å²) in [7, 11) is 1.63. The van der Waals surface area contributed by atoms with Gasteiger partial charge in [0.2, 0.25) is 0 Å². The van der Waals surface area contributed by atoms with Gasteiger partial charge in [-0.05, 0) is 55.3 Å². The molecule has 20 heavy (non-hydrogen) atoms. The monoisotopic (exact) mass is 272 g/mol. The summed E-state index contributed by atoms with van der Waals surface area (Å²) in [5.41, 5.74) is 7.75. The molecule has 1 atom stereocenters. The SMILES string of the molecule is CCC(C)n1c(-c2ccc(OC)cc2)ccc(N)c1=O. The van der Waals surface area contributed by atoms with E-state index in [2.05, 4.69) is 6.92 Å². The number of hydrogen-bond acceptors (Lipinski definition) is 3. The second-order valence-electron chi connectivity index (χ2n) is 4.83. The van der Waals surface area contributed by atoms with Crippen LogP contribution < -0.4 is 16.0 Å². The predicted octanol–water partition coefficient (Wildman–Crippen LogP) is 3.08. The Bertz CT molecular complexity index is 645. The molecule has 2 N–H and O–H groups in total. The quantitative estimate of drug-likeness (QED) is 0.930. The molecule has 0 saturated heterocycles. The Morgan fingerprint density at radius 1 is 1.20 bits per heavy atom. The third-order valence-corrected chi connectivity index (χ3v) is 3.56. The van der Waals surface area contributed by atoms with Crippen LogP contribution >= 0.6 is 0 Å². The Kier molecular flexibility index (Phi) is 4.13. The zero-order valence-electron chi connectivity index (χ0n) is 12.1. The molecule has 4 nitrogen and oxygen atoms in total. The molecule has 0 spiro atoms. The van der Waals surface area contributed by atoms with E-state index >= 15 is 0 Å². The van der Waals surface area contributed by atoms with Gasteiger partial charge in [0.05, 0.1) is 18.5 Å². The lowest BCUT2D eigenvalue weighted by Crippen LogP contribution is -2.26. The number of anilines is 1. The first kappa shape index (κ1) is 14.2. The molecule has 4 heteroatoms. The van der Waals surface area contributed by atoms with Gasteiger partial charge in [-0.25, -0.2) is 0 Å². The molecule has 0 aliphatic rings. The molecular formula is C16H20N2O2. The molecule has 0 saturated carbocycles. The lowest BCUT2D eigenvalue weighted by atomic mass is 10.1. The van der Waals surface area contributed by atoms with Crippen molar-refractivity contribution in [2.75, 3.05) is 12.8 Å². The fraction of sp³-hybridized carbons (Fsp3) is 0.312. The highest BCUT2D eigenvalue weighted by atomic mass is 16.5. The third kappa shape index (κ3) is 2.54. The smallest absolute Gasteiger partial charge is 0.274 e. The zero-order chi connectivity index (χ0) is 14.7. The van der Waals surface area contributed by atoms with Crippen molar-refractivity contribution in [2.45, 2.75) is 26.3 Å². The summed E-state index contributed by atoms with van der Waals surface area (Å²) >= 11 is 0. The molecule has 0 radical (unpaired) electrons. The second kappa shape index (κ2) is 5.82. The number of nitrogens with zero attached hydrogens (tertiary/aromatic N) is 1. The minimum absolute atomic E-state index is 0.100. The molecule has 1 aromatic carbocycles. The van der Waals surface area contributed by atoms with Crippen molar-refractivity contribution in [3.05, 3.63) is 46.8 Å². The molecule has 2 rings (SSSR count). The largest absolute Gasteiger partial charge is 0.497 e. The summed E-state index contributed by atoms with van der Waals surface area (Å²) in [4.78, 5) is 12.3. The number of nitrogen functional groups attached to an aromatic ring is 1. The van der Waals surface area contributed by atoms with E-state index < -0.39 is 0 Å². The topological polar surface area (TPSA) is 57.2 Å². The van der Waals surface area contributed by atoms with Crippen LogP contribution in [0.5, 0.6) is 5.75 Å². The fourth-order valence-electron chi connectivity index (χ4n) is 2.19. The van der Waals surface area contributed by atoms with Gasteiger partial charge in [-0.15, -0.1) is 0 Å². The van der Waals surface area contributed by atoms with Gasteiger partial charge >= 0.3 is 0 Å². The lowest BCUT2D eigenvalue weighted by Gasteiger charge is -2.19. The summed E-state index contributed by atoms with van der Waals surface area (Å²) in [6.07, 6.45) is 0.868. The van der Waals surface area contributed by atoms with Crippen LogP contribution in [-0.4, -0.2) is 11.7 Å². The molecule has 1 heterocycles. The Morgan fingerprint density at radius 2 is 1.85 bits per heavy atom. The number of aromatic nitrogens is 1. The van der Waals surface area contributed by atoms with Crippen molar-refractivity contribution in [1.82, 2.24) is 4.57 Å². The van der Waals surface area contributed by atoms with Gasteiger partial charge in [-0.2, -0.15) is 0 Å². The van der Waals surface area contributed by atoms with Gasteiger partial charge in [-0.1, -0.05) is 6.92 Å².